The Morgan fingerprint density at radius 3 is 2.75 bits per heavy atom. The predicted molar refractivity (Wildman–Crippen MR) is 78.5 cm³/mol. The number of methoxy groups -OCH3 is 1. The Morgan fingerprint density at radius 2 is 2.10 bits per heavy atom. The van der Waals surface area contributed by atoms with Crippen LogP contribution < -0.4 is 0 Å². The lowest BCUT2D eigenvalue weighted by molar-refractivity contribution is 0.423. The fraction of sp³-hybridized carbons (Fsp3) is 0.0833. The van der Waals surface area contributed by atoms with E-state index in [1.807, 2.05) is 6.07 Å². The molecule has 0 radical (unpaired) electrons. The maximum absolute atomic E-state index is 9.05. The van der Waals surface area contributed by atoms with Gasteiger partial charge < -0.3 is 4.74 Å². The molecule has 0 aliphatic heterocycles. The smallest absolute Gasteiger partial charge is 0.176 e. The molecule has 0 saturated heterocycles. The van der Waals surface area contributed by atoms with Crippen molar-refractivity contribution in [2.45, 2.75) is 0 Å². The van der Waals surface area contributed by atoms with Crippen LogP contribution in [0, 0.1) is 11.3 Å². The molecule has 0 aliphatic carbocycles. The summed E-state index contributed by atoms with van der Waals surface area (Å²) in [5, 5.41) is 13.9. The minimum Gasteiger partial charge on any atom is -0.486 e. The van der Waals surface area contributed by atoms with Gasteiger partial charge in [-0.15, -0.1) is 0 Å². The van der Waals surface area contributed by atoms with Gasteiger partial charge in [0.25, 0.3) is 0 Å². The Hall–Kier alpha value is -1.74. The lowest BCUT2D eigenvalue weighted by atomic mass is 10.3. The summed E-state index contributed by atoms with van der Waals surface area (Å²) in [6.45, 7) is 0. The zero-order valence-corrected chi connectivity index (χ0v) is 12.4. The molecule has 5 nitrogen and oxygen atoms in total. The first-order valence-electron chi connectivity index (χ1n) is 5.27. The molecule has 0 saturated carbocycles. The van der Waals surface area contributed by atoms with Crippen molar-refractivity contribution in [2.24, 2.45) is 4.99 Å². The molecule has 0 fully saturated rings. The van der Waals surface area contributed by atoms with Gasteiger partial charge in [0, 0.05) is 0 Å². The van der Waals surface area contributed by atoms with Crippen molar-refractivity contribution < 1.29 is 4.74 Å². The topological polar surface area (TPSA) is 63.2 Å². The van der Waals surface area contributed by atoms with E-state index in [1.165, 1.54) is 24.4 Å². The SMILES string of the molecule is COC=Nc1c(C#N)cnn1-c1ccc(Cl)c(Cl)c1Cl. The zero-order chi connectivity index (χ0) is 14.7. The largest absolute Gasteiger partial charge is 0.486 e. The summed E-state index contributed by atoms with van der Waals surface area (Å²) in [6, 6.07) is 5.21. The molecule has 0 amide bonds. The van der Waals surface area contributed by atoms with Gasteiger partial charge in [0.1, 0.15) is 11.6 Å². The van der Waals surface area contributed by atoms with Crippen LogP contribution in [0.5, 0.6) is 0 Å². The van der Waals surface area contributed by atoms with Crippen LogP contribution in [-0.2, 0) is 4.74 Å². The number of nitriles is 1. The van der Waals surface area contributed by atoms with Gasteiger partial charge in [-0.1, -0.05) is 34.8 Å². The number of hydrogen-bond acceptors (Lipinski definition) is 4. The molecule has 8 heteroatoms. The van der Waals surface area contributed by atoms with E-state index in [-0.39, 0.29) is 21.4 Å². The van der Waals surface area contributed by atoms with Crippen LogP contribution in [0.25, 0.3) is 5.69 Å². The first-order valence-corrected chi connectivity index (χ1v) is 6.40. The van der Waals surface area contributed by atoms with Crippen molar-refractivity contribution in [3.8, 4) is 11.8 Å². The number of nitrogens with zero attached hydrogens (tertiary/aromatic N) is 4. The van der Waals surface area contributed by atoms with Gasteiger partial charge in [-0.25, -0.2) is 4.68 Å². The Morgan fingerprint density at radius 1 is 1.35 bits per heavy atom. The average Bonchev–Trinajstić information content (AvgIpc) is 2.85. The second-order valence-corrected chi connectivity index (χ2v) is 4.73. The predicted octanol–water partition coefficient (Wildman–Crippen LogP) is 4.01. The van der Waals surface area contributed by atoms with E-state index < -0.39 is 0 Å². The maximum atomic E-state index is 9.05. The quantitative estimate of drug-likeness (QED) is 0.485. The third kappa shape index (κ3) is 2.59. The normalized spacial score (nSPS) is 10.8. The fourth-order valence-electron chi connectivity index (χ4n) is 1.50. The third-order valence-corrected chi connectivity index (χ3v) is 3.67. The number of ether oxygens (including phenoxy) is 1. The van der Waals surface area contributed by atoms with Gasteiger partial charge in [0.2, 0.25) is 0 Å². The molecule has 2 aromatic rings. The van der Waals surface area contributed by atoms with Crippen LogP contribution in [0.3, 0.4) is 0 Å². The molecule has 0 aliphatic rings. The van der Waals surface area contributed by atoms with Crippen molar-refractivity contribution in [3.05, 3.63) is 39.0 Å². The van der Waals surface area contributed by atoms with Crippen LogP contribution in [0.4, 0.5) is 5.82 Å². The van der Waals surface area contributed by atoms with Crippen molar-refractivity contribution in [1.29, 1.82) is 5.26 Å². The van der Waals surface area contributed by atoms with Gasteiger partial charge in [-0.2, -0.15) is 15.4 Å². The van der Waals surface area contributed by atoms with Crippen LogP contribution in [-0.4, -0.2) is 23.3 Å². The molecule has 1 aromatic heterocycles. The van der Waals surface area contributed by atoms with Crippen molar-refractivity contribution >= 4 is 47.0 Å². The minimum atomic E-state index is 0.210. The van der Waals surface area contributed by atoms with E-state index in [0.717, 1.165) is 0 Å². The van der Waals surface area contributed by atoms with E-state index >= 15 is 0 Å². The molecule has 0 atom stereocenters. The lowest BCUT2D eigenvalue weighted by Crippen LogP contribution is -1.98. The Kier molecular flexibility index (Phi) is 4.50. The molecule has 2 rings (SSSR count). The van der Waals surface area contributed by atoms with Gasteiger partial charge in [-0.05, 0) is 12.1 Å². The molecule has 1 heterocycles. The molecule has 20 heavy (non-hydrogen) atoms. The van der Waals surface area contributed by atoms with Crippen molar-refractivity contribution in [3.63, 3.8) is 0 Å². The Labute approximate surface area is 130 Å². The lowest BCUT2D eigenvalue weighted by Gasteiger charge is -2.08. The van der Waals surface area contributed by atoms with E-state index in [2.05, 4.69) is 10.1 Å². The summed E-state index contributed by atoms with van der Waals surface area (Å²) in [4.78, 5) is 4.02. The highest BCUT2D eigenvalue weighted by molar-refractivity contribution is 6.48. The Bertz CT molecular complexity index is 718. The van der Waals surface area contributed by atoms with E-state index in [9.17, 15) is 0 Å². The number of hydrogen-bond donors (Lipinski definition) is 0. The molecular formula is C12H7Cl3N4O. The molecule has 0 spiro atoms. The molecule has 0 bridgehead atoms. The van der Waals surface area contributed by atoms with Gasteiger partial charge in [-0.3, -0.25) is 0 Å². The number of rotatable bonds is 3. The van der Waals surface area contributed by atoms with Crippen molar-refractivity contribution in [2.75, 3.05) is 7.11 Å². The summed E-state index contributed by atoms with van der Waals surface area (Å²) in [6.07, 6.45) is 2.57. The van der Waals surface area contributed by atoms with Crippen molar-refractivity contribution in [1.82, 2.24) is 9.78 Å². The van der Waals surface area contributed by atoms with Gasteiger partial charge in [0.15, 0.2) is 12.2 Å². The summed E-state index contributed by atoms with van der Waals surface area (Å²) in [5.41, 5.74) is 0.742. The number of aromatic nitrogens is 2. The molecular weight excluding hydrogens is 323 g/mol. The number of aliphatic imine (C=N–C) groups is 1. The monoisotopic (exact) mass is 328 g/mol. The standard InChI is InChI=1S/C12H7Cl3N4O/c1-20-6-17-12-7(4-16)5-18-19(12)9-3-2-8(13)10(14)11(9)15/h2-3,5-6H,1H3. The Balaban J connectivity index is 2.65. The maximum Gasteiger partial charge on any atom is 0.176 e. The average molecular weight is 330 g/mol. The fourth-order valence-corrected chi connectivity index (χ4v) is 2.11. The highest BCUT2D eigenvalue weighted by Gasteiger charge is 2.16. The highest BCUT2D eigenvalue weighted by Crippen LogP contribution is 2.36. The number of benzene rings is 1. The highest BCUT2D eigenvalue weighted by atomic mass is 35.5. The van der Waals surface area contributed by atoms with Crippen LogP contribution >= 0.6 is 34.8 Å². The summed E-state index contributed by atoms with van der Waals surface area (Å²) in [7, 11) is 1.45. The van der Waals surface area contributed by atoms with Crippen LogP contribution in [0.1, 0.15) is 5.56 Å². The second kappa shape index (κ2) is 6.14. The summed E-state index contributed by atoms with van der Waals surface area (Å²) in [5.74, 6) is 0.287. The summed E-state index contributed by atoms with van der Waals surface area (Å²) < 4.78 is 6.14. The van der Waals surface area contributed by atoms with E-state index in [4.69, 9.17) is 44.8 Å². The van der Waals surface area contributed by atoms with Crippen LogP contribution in [0.15, 0.2) is 23.3 Å². The van der Waals surface area contributed by atoms with Crippen LogP contribution in [0.2, 0.25) is 15.1 Å². The molecule has 0 N–H and O–H groups in total. The van der Waals surface area contributed by atoms with E-state index in [0.29, 0.717) is 10.7 Å². The first-order chi connectivity index (χ1) is 9.60. The van der Waals surface area contributed by atoms with Gasteiger partial charge in [0.05, 0.1) is 34.1 Å². The summed E-state index contributed by atoms with van der Waals surface area (Å²) >= 11 is 18.0. The van der Waals surface area contributed by atoms with E-state index in [1.54, 1.807) is 12.1 Å². The number of halogens is 3. The molecule has 1 aromatic carbocycles. The van der Waals surface area contributed by atoms with Gasteiger partial charge >= 0.3 is 0 Å². The first kappa shape index (κ1) is 14.7. The molecule has 102 valence electrons. The molecule has 0 unspecified atom stereocenters. The zero-order valence-electron chi connectivity index (χ0n) is 10.1. The second-order valence-electron chi connectivity index (χ2n) is 3.57. The third-order valence-electron chi connectivity index (χ3n) is 2.39. The minimum absolute atomic E-state index is 0.210.